The number of carbonyl (C=O) groups is 7. The first kappa shape index (κ1) is 59.9. The Morgan fingerprint density at radius 3 is 2.39 bits per heavy atom. The number of aromatic nitrogens is 9. The molecule has 6 aliphatic heterocycles. The molecule has 5 N–H and O–H groups in total. The van der Waals surface area contributed by atoms with Gasteiger partial charge in [0.2, 0.25) is 17.7 Å². The van der Waals surface area contributed by atoms with E-state index in [4.69, 9.17) is 25.7 Å². The minimum absolute atomic E-state index is 0.0219. The molecule has 0 radical (unpaired) electrons. The van der Waals surface area contributed by atoms with Crippen molar-refractivity contribution in [2.75, 3.05) is 83.3 Å². The summed E-state index contributed by atoms with van der Waals surface area (Å²) in [6.45, 7) is 5.01. The largest absolute Gasteiger partial charge is 0.468 e. The Morgan fingerprint density at radius 1 is 0.820 bits per heavy atom. The highest BCUT2D eigenvalue weighted by Gasteiger charge is 2.47. The monoisotopic (exact) mass is 1220 g/mol. The number of rotatable bonds is 21. The molecule has 0 aliphatic carbocycles. The summed E-state index contributed by atoms with van der Waals surface area (Å²) in [5.41, 5.74) is 11.0. The van der Waals surface area contributed by atoms with Crippen LogP contribution in [0.1, 0.15) is 116 Å². The lowest BCUT2D eigenvalue weighted by Gasteiger charge is -2.39. The molecule has 10 heterocycles. The van der Waals surface area contributed by atoms with Crippen LogP contribution in [0.3, 0.4) is 0 Å². The predicted octanol–water partition coefficient (Wildman–Crippen LogP) is 4.96. The summed E-state index contributed by atoms with van der Waals surface area (Å²) < 4.78 is 23.8. The Morgan fingerprint density at radius 2 is 1.63 bits per heavy atom. The second-order valence-electron chi connectivity index (χ2n) is 24.0. The van der Waals surface area contributed by atoms with Crippen molar-refractivity contribution in [3.63, 3.8) is 0 Å². The van der Waals surface area contributed by atoms with E-state index in [9.17, 15) is 33.6 Å². The molecule has 89 heavy (non-hydrogen) atoms. The number of likely N-dealkylation sites (tertiary alicyclic amines) is 1. The van der Waals surface area contributed by atoms with Gasteiger partial charge in [-0.25, -0.2) is 28.6 Å². The van der Waals surface area contributed by atoms with Gasteiger partial charge in [-0.2, -0.15) is 5.10 Å². The number of fused-ring (bicyclic) bond motifs is 2. The third kappa shape index (κ3) is 12.6. The molecule has 4 saturated heterocycles. The van der Waals surface area contributed by atoms with E-state index in [0.29, 0.717) is 129 Å². The highest BCUT2D eigenvalue weighted by Crippen LogP contribution is 2.43. The van der Waals surface area contributed by atoms with Crippen LogP contribution in [0.15, 0.2) is 73.2 Å². The fourth-order valence-corrected chi connectivity index (χ4v) is 13.5. The number of hydrogen-bond donors (Lipinski definition) is 4. The fourth-order valence-electron chi connectivity index (χ4n) is 13.5. The van der Waals surface area contributed by atoms with Gasteiger partial charge in [0.05, 0.1) is 55.9 Å². The summed E-state index contributed by atoms with van der Waals surface area (Å²) in [6.07, 6.45) is 11.7. The Hall–Kier alpha value is -9.40. The van der Waals surface area contributed by atoms with E-state index in [1.165, 1.54) is 17.9 Å². The van der Waals surface area contributed by atoms with Crippen molar-refractivity contribution >= 4 is 80.7 Å². The van der Waals surface area contributed by atoms with Gasteiger partial charge in [-0.05, 0) is 85.9 Å². The number of anilines is 3. The van der Waals surface area contributed by atoms with Gasteiger partial charge in [0.15, 0.2) is 11.5 Å². The van der Waals surface area contributed by atoms with Crippen LogP contribution in [0.5, 0.6) is 0 Å². The number of primary amides is 1. The molecule has 1 atom stereocenters. The topological polar surface area (TPSA) is 296 Å². The average molecular weight is 1220 g/mol. The molecule has 3 aromatic carbocycles. The van der Waals surface area contributed by atoms with Gasteiger partial charge < -0.3 is 46.0 Å². The zero-order valence-electron chi connectivity index (χ0n) is 50.1. The highest BCUT2D eigenvalue weighted by molar-refractivity contribution is 6.01. The van der Waals surface area contributed by atoms with Crippen LogP contribution in [0, 0.1) is 5.82 Å². The first-order valence-electron chi connectivity index (χ1n) is 30.8. The number of piperidine rings is 3. The van der Waals surface area contributed by atoms with Crippen LogP contribution in [-0.4, -0.2) is 180 Å². The summed E-state index contributed by atoms with van der Waals surface area (Å²) in [5.74, 6) is -1.29. The van der Waals surface area contributed by atoms with Gasteiger partial charge in [0.25, 0.3) is 5.91 Å². The van der Waals surface area contributed by atoms with Crippen molar-refractivity contribution in [3.05, 3.63) is 102 Å². The van der Waals surface area contributed by atoms with Crippen LogP contribution in [0.2, 0.25) is 0 Å². The molecule has 7 aromatic rings. The zero-order chi connectivity index (χ0) is 61.9. The normalized spacial score (nSPS) is 19.2. The molecule has 27 heteroatoms. The Balaban J connectivity index is 0.594. The van der Waals surface area contributed by atoms with Crippen molar-refractivity contribution in [2.24, 2.45) is 5.73 Å². The molecule has 0 spiro atoms. The second-order valence-corrected chi connectivity index (χ2v) is 24.0. The number of nitrogens with two attached hydrogens (primary N) is 1. The quantitative estimate of drug-likeness (QED) is 0.0420. The third-order valence-electron chi connectivity index (χ3n) is 18.4. The van der Waals surface area contributed by atoms with E-state index in [1.54, 1.807) is 39.0 Å². The maximum absolute atomic E-state index is 16.3. The minimum Gasteiger partial charge on any atom is -0.468 e. The molecule has 4 bridgehead atoms. The summed E-state index contributed by atoms with van der Waals surface area (Å²) in [4.78, 5) is 110. The van der Waals surface area contributed by atoms with Crippen molar-refractivity contribution < 1.29 is 42.7 Å². The van der Waals surface area contributed by atoms with E-state index in [2.05, 4.69) is 48.3 Å². The number of halogens is 1. The molecule has 4 aromatic heterocycles. The number of hydrogen-bond acceptors (Lipinski definition) is 16. The zero-order valence-corrected chi connectivity index (χ0v) is 50.1. The molecule has 4 fully saturated rings. The van der Waals surface area contributed by atoms with Crippen molar-refractivity contribution in [1.29, 1.82) is 0 Å². The fraction of sp³-hybridized carbons (Fsp3) is 0.468. The maximum Gasteiger partial charge on any atom is 0.340 e. The standard InChI is InChI=1S/C62H73FN18O8/c1-74-26-27-78(62(74)88)45-8-7-23-76(36-45)51-34-67-59(60(64)87)61(70-51)69-43-14-12-39(13-15-43)40-18-24-75(25-19-40)54(84)11-4-3-5-22-65-52(82)16-17-55(85)81-28-20-41(21-29-81)58-57-46(47-31-50-42(30-48(47)63)32-68-80(50)81)9-6-10-49(57)79(72-58)37-53(83)66-33-44-35-77(73-71-44)38-56(86)89-2/h6,9-10,12-15,30-32,34-35,40-41,45H,3-5,7-8,11,16-29,33,36-38H2,1-2H3,(H4-,64,65,66,69,70,82,83,87)/p+1/t41?,45-,81?/m1/s1. The van der Waals surface area contributed by atoms with Crippen LogP contribution in [0.4, 0.5) is 26.5 Å². The van der Waals surface area contributed by atoms with E-state index < -0.39 is 17.7 Å². The number of esters is 1. The van der Waals surface area contributed by atoms with Gasteiger partial charge >= 0.3 is 17.9 Å². The van der Waals surface area contributed by atoms with E-state index >= 15 is 4.39 Å². The van der Waals surface area contributed by atoms with Crippen LogP contribution >= 0.6 is 0 Å². The molecule has 0 unspecified atom stereocenters. The molecular weight excluding hydrogens is 1140 g/mol. The van der Waals surface area contributed by atoms with Crippen molar-refractivity contribution in [1.82, 2.24) is 74.6 Å². The SMILES string of the molecule is COC(=O)Cn1cc(CNC(=O)Cn2nc3c4c(cccc42)-c2cc4c(cnn4[N+]4(C(=O)CCC(=O)NCCCCCC(=O)N5CCC(c6ccc(Nc7nc(N8CCC[C@@H](N9CCN(C)C9=O)C8)cnc7C(N)=O)cc6)CC5)CCC3CC4)cc2F)nn1. The number of likely N-dealkylation sites (N-methyl/N-ethyl adjacent to an activating group) is 1. The Labute approximate surface area is 512 Å². The van der Waals surface area contributed by atoms with Gasteiger partial charge in [-0.15, -0.1) is 14.8 Å². The molecule has 6 aliphatic rings. The summed E-state index contributed by atoms with van der Waals surface area (Å²) in [7, 11) is 3.10. The average Bonchev–Trinajstić information content (AvgIpc) is 1.79. The Kier molecular flexibility index (Phi) is 17.3. The van der Waals surface area contributed by atoms with E-state index in [-0.39, 0.29) is 96.1 Å². The van der Waals surface area contributed by atoms with Crippen LogP contribution in [0.25, 0.3) is 32.9 Å². The smallest absolute Gasteiger partial charge is 0.340 e. The van der Waals surface area contributed by atoms with Gasteiger partial charge in [-0.1, -0.05) is 40.7 Å². The lowest BCUT2D eigenvalue weighted by molar-refractivity contribution is -0.142. The van der Waals surface area contributed by atoms with Crippen molar-refractivity contribution in [3.8, 4) is 11.1 Å². The van der Waals surface area contributed by atoms with Gasteiger partial charge in [-0.3, -0.25) is 28.7 Å². The van der Waals surface area contributed by atoms with Crippen molar-refractivity contribution in [2.45, 2.75) is 115 Å². The molecule has 13 rings (SSSR count). The number of nitrogens with zero attached hydrogens (tertiary/aromatic N) is 14. The molecule has 7 amide bonds. The number of benzene rings is 3. The van der Waals surface area contributed by atoms with Gasteiger partial charge in [0.1, 0.15) is 49.0 Å². The van der Waals surface area contributed by atoms with Crippen LogP contribution < -0.4 is 31.2 Å². The first-order chi connectivity index (χ1) is 43.1. The number of methoxy groups -OCH3 is 1. The van der Waals surface area contributed by atoms with E-state index in [0.717, 1.165) is 55.3 Å². The summed E-state index contributed by atoms with van der Waals surface area (Å²) in [5, 5.41) is 28.1. The van der Waals surface area contributed by atoms with E-state index in [1.807, 2.05) is 47.2 Å². The number of unbranched alkanes of at least 4 members (excludes halogenated alkanes) is 2. The first-order valence-corrected chi connectivity index (χ1v) is 30.8. The van der Waals surface area contributed by atoms with Crippen LogP contribution in [-0.2, 0) is 48.3 Å². The molecule has 0 saturated carbocycles. The Bertz CT molecular complexity index is 3850. The minimum atomic E-state index is -0.693. The molecule has 26 nitrogen and oxygen atoms in total. The predicted molar refractivity (Wildman–Crippen MR) is 326 cm³/mol. The number of amides is 7. The lowest BCUT2D eigenvalue weighted by atomic mass is 9.88. The summed E-state index contributed by atoms with van der Waals surface area (Å²) in [6, 6.07) is 16.8. The molecular formula is C62H74FN18O8+. The third-order valence-corrected chi connectivity index (χ3v) is 18.4. The number of urea groups is 1. The number of nitrogens with one attached hydrogen (secondary N) is 3. The number of ether oxygens (including phenoxy) is 1. The highest BCUT2D eigenvalue weighted by atomic mass is 19.1. The second kappa shape index (κ2) is 25.7. The number of carbonyl (C=O) groups excluding carboxylic acids is 7. The summed E-state index contributed by atoms with van der Waals surface area (Å²) >= 11 is 0. The number of quaternary nitrogens is 1. The lowest BCUT2D eigenvalue weighted by Crippen LogP contribution is -2.65. The van der Waals surface area contributed by atoms with Gasteiger partial charge in [0, 0.05) is 106 Å². The molecule has 466 valence electrons. The maximum atomic E-state index is 16.3.